The van der Waals surface area contributed by atoms with E-state index in [4.69, 9.17) is 17.3 Å². The van der Waals surface area contributed by atoms with Gasteiger partial charge in [0.2, 0.25) is 5.78 Å². The first-order valence-electron chi connectivity index (χ1n) is 4.43. The molecule has 1 aromatic rings. The lowest BCUT2D eigenvalue weighted by Crippen LogP contribution is -2.16. The average molecular weight is 241 g/mol. The minimum atomic E-state index is -0.249. The molecule has 0 aromatic heterocycles. The number of nitrogens with zero attached hydrogens (tertiary/aromatic N) is 1. The van der Waals surface area contributed by atoms with Crippen LogP contribution in [-0.2, 0) is 0 Å². The van der Waals surface area contributed by atoms with Crippen molar-refractivity contribution in [3.05, 3.63) is 34.9 Å². The highest BCUT2D eigenvalue weighted by Crippen LogP contribution is 2.19. The molecule has 0 saturated carbocycles. The van der Waals surface area contributed by atoms with E-state index in [1.807, 2.05) is 0 Å². The van der Waals surface area contributed by atoms with Gasteiger partial charge in [-0.15, -0.1) is 0 Å². The number of carbonyl (C=O) groups is 1. The topological polar surface area (TPSA) is 55.5 Å². The molecule has 0 fully saturated rings. The van der Waals surface area contributed by atoms with Gasteiger partial charge >= 0.3 is 0 Å². The molecule has 0 aliphatic carbocycles. The van der Waals surface area contributed by atoms with Crippen molar-refractivity contribution < 1.29 is 4.79 Å². The average Bonchev–Trinajstić information content (AvgIpc) is 2.65. The molecule has 15 heavy (non-hydrogen) atoms. The second kappa shape index (κ2) is 4.35. The Morgan fingerprint density at radius 2 is 2.13 bits per heavy atom. The van der Waals surface area contributed by atoms with Gasteiger partial charge in [0.1, 0.15) is 11.2 Å². The normalized spacial score (nSPS) is 20.1. The van der Waals surface area contributed by atoms with E-state index in [9.17, 15) is 4.79 Å². The molecular formula is C10H9ClN2OS. The van der Waals surface area contributed by atoms with Crippen LogP contribution in [0.25, 0.3) is 0 Å². The van der Waals surface area contributed by atoms with Gasteiger partial charge in [0.25, 0.3) is 0 Å². The Bertz CT molecular complexity index is 416. The van der Waals surface area contributed by atoms with Crippen LogP contribution in [0.5, 0.6) is 0 Å². The van der Waals surface area contributed by atoms with Gasteiger partial charge in [-0.1, -0.05) is 23.4 Å². The maximum atomic E-state index is 11.9. The predicted octanol–water partition coefficient (Wildman–Crippen LogP) is 1.95. The van der Waals surface area contributed by atoms with Gasteiger partial charge in [-0.3, -0.25) is 9.79 Å². The second-order valence-corrected chi connectivity index (χ2v) is 4.59. The lowest BCUT2D eigenvalue weighted by molar-refractivity contribution is 0.106. The van der Waals surface area contributed by atoms with Gasteiger partial charge in [-0.2, -0.15) is 0 Å². The quantitative estimate of drug-likeness (QED) is 0.804. The summed E-state index contributed by atoms with van der Waals surface area (Å²) in [6.45, 7) is 0. The zero-order chi connectivity index (χ0) is 10.8. The number of carbonyl (C=O) groups excluding carboxylic acids is 1. The summed E-state index contributed by atoms with van der Waals surface area (Å²) in [6.07, 6.45) is -0.249. The van der Waals surface area contributed by atoms with Crippen molar-refractivity contribution in [2.45, 2.75) is 6.17 Å². The van der Waals surface area contributed by atoms with Crippen LogP contribution in [0.1, 0.15) is 10.4 Å². The molecule has 1 atom stereocenters. The minimum absolute atomic E-state index is 0.0791. The summed E-state index contributed by atoms with van der Waals surface area (Å²) in [5.74, 6) is 0.596. The third-order valence-corrected chi connectivity index (χ3v) is 3.30. The molecule has 1 heterocycles. The van der Waals surface area contributed by atoms with Gasteiger partial charge in [-0.05, 0) is 24.3 Å². The summed E-state index contributed by atoms with van der Waals surface area (Å²) in [5.41, 5.74) is 6.18. The fourth-order valence-electron chi connectivity index (χ4n) is 1.24. The summed E-state index contributed by atoms with van der Waals surface area (Å²) in [5, 5.41) is 1.11. The highest BCUT2D eigenvalue weighted by Gasteiger charge is 2.21. The Hall–Kier alpha value is -0.840. The number of halogens is 1. The molecule has 0 saturated heterocycles. The maximum absolute atomic E-state index is 11.9. The molecule has 3 nitrogen and oxygen atoms in total. The highest BCUT2D eigenvalue weighted by atomic mass is 35.5. The Morgan fingerprint density at radius 1 is 1.47 bits per heavy atom. The predicted molar refractivity (Wildman–Crippen MR) is 63.7 cm³/mol. The SMILES string of the molecule is NC1CSC(C(=O)c2ccc(Cl)cc2)=N1. The number of hydrogen-bond acceptors (Lipinski definition) is 4. The van der Waals surface area contributed by atoms with Crippen LogP contribution in [0.15, 0.2) is 29.3 Å². The van der Waals surface area contributed by atoms with Crippen molar-refractivity contribution in [2.75, 3.05) is 5.75 Å². The van der Waals surface area contributed by atoms with Crippen LogP contribution >= 0.6 is 23.4 Å². The zero-order valence-corrected chi connectivity index (χ0v) is 9.39. The van der Waals surface area contributed by atoms with E-state index in [0.29, 0.717) is 21.4 Å². The number of aliphatic imine (C=N–C) groups is 1. The van der Waals surface area contributed by atoms with Gasteiger partial charge in [-0.25, -0.2) is 0 Å². The summed E-state index contributed by atoms with van der Waals surface area (Å²) >= 11 is 7.13. The van der Waals surface area contributed by atoms with Crippen LogP contribution in [0, 0.1) is 0 Å². The number of nitrogens with two attached hydrogens (primary N) is 1. The van der Waals surface area contributed by atoms with Crippen molar-refractivity contribution in [3.63, 3.8) is 0 Å². The third kappa shape index (κ3) is 2.40. The van der Waals surface area contributed by atoms with Gasteiger partial charge in [0, 0.05) is 16.3 Å². The Labute approximate surface area is 96.7 Å². The molecule has 2 rings (SSSR count). The van der Waals surface area contributed by atoms with Crippen molar-refractivity contribution >= 4 is 34.2 Å². The number of ketones is 1. The summed E-state index contributed by atoms with van der Waals surface area (Å²) < 4.78 is 0. The highest BCUT2D eigenvalue weighted by molar-refractivity contribution is 8.16. The largest absolute Gasteiger partial charge is 0.309 e. The monoisotopic (exact) mass is 240 g/mol. The van der Waals surface area contributed by atoms with Crippen molar-refractivity contribution in [2.24, 2.45) is 10.7 Å². The van der Waals surface area contributed by atoms with E-state index < -0.39 is 0 Å². The Morgan fingerprint density at radius 3 is 2.67 bits per heavy atom. The fourth-order valence-corrected chi connectivity index (χ4v) is 2.23. The number of rotatable bonds is 2. The maximum Gasteiger partial charge on any atom is 0.217 e. The lowest BCUT2D eigenvalue weighted by Gasteiger charge is -1.99. The summed E-state index contributed by atoms with van der Waals surface area (Å²) in [6, 6.07) is 6.76. The van der Waals surface area contributed by atoms with Crippen molar-refractivity contribution in [1.29, 1.82) is 0 Å². The molecule has 78 valence electrons. The molecule has 0 radical (unpaired) electrons. The molecule has 5 heteroatoms. The first-order valence-corrected chi connectivity index (χ1v) is 5.79. The molecule has 2 N–H and O–H groups in total. The van der Waals surface area contributed by atoms with Crippen LogP contribution in [0.3, 0.4) is 0 Å². The molecule has 1 aliphatic rings. The Balaban J connectivity index is 2.21. The smallest absolute Gasteiger partial charge is 0.217 e. The molecule has 1 aromatic carbocycles. The first-order chi connectivity index (χ1) is 7.16. The molecule has 1 unspecified atom stereocenters. The van der Waals surface area contributed by atoms with Crippen LogP contribution in [-0.4, -0.2) is 22.7 Å². The van der Waals surface area contributed by atoms with E-state index in [0.717, 1.165) is 0 Å². The van der Waals surface area contributed by atoms with E-state index >= 15 is 0 Å². The second-order valence-electron chi connectivity index (χ2n) is 3.15. The molecular weight excluding hydrogens is 232 g/mol. The third-order valence-electron chi connectivity index (χ3n) is 1.97. The fraction of sp³-hybridized carbons (Fsp3) is 0.200. The minimum Gasteiger partial charge on any atom is -0.309 e. The van der Waals surface area contributed by atoms with Gasteiger partial charge < -0.3 is 5.73 Å². The van der Waals surface area contributed by atoms with E-state index in [2.05, 4.69) is 4.99 Å². The number of benzene rings is 1. The van der Waals surface area contributed by atoms with E-state index in [1.54, 1.807) is 24.3 Å². The molecule has 1 aliphatic heterocycles. The van der Waals surface area contributed by atoms with Gasteiger partial charge in [0.15, 0.2) is 0 Å². The van der Waals surface area contributed by atoms with E-state index in [-0.39, 0.29) is 11.9 Å². The standard InChI is InChI=1S/C10H9ClN2OS/c11-7-3-1-6(2-4-7)9(14)10-13-8(12)5-15-10/h1-4,8H,5,12H2. The number of Topliss-reactive ketones (excluding diaryl/α,β-unsaturated/α-hetero) is 1. The zero-order valence-electron chi connectivity index (χ0n) is 7.81. The Kier molecular flexibility index (Phi) is 3.09. The van der Waals surface area contributed by atoms with Crippen LogP contribution in [0.2, 0.25) is 5.02 Å². The lowest BCUT2D eigenvalue weighted by atomic mass is 10.1. The molecule has 0 spiro atoms. The summed E-state index contributed by atoms with van der Waals surface area (Å²) in [7, 11) is 0. The molecule has 0 bridgehead atoms. The summed E-state index contributed by atoms with van der Waals surface area (Å²) in [4.78, 5) is 15.9. The van der Waals surface area contributed by atoms with Crippen molar-refractivity contribution in [1.82, 2.24) is 0 Å². The number of hydrogen-bond donors (Lipinski definition) is 1. The molecule has 0 amide bonds. The van der Waals surface area contributed by atoms with Crippen molar-refractivity contribution in [3.8, 4) is 0 Å². The van der Waals surface area contributed by atoms with Gasteiger partial charge in [0.05, 0.1) is 0 Å². The van der Waals surface area contributed by atoms with E-state index in [1.165, 1.54) is 11.8 Å². The van der Waals surface area contributed by atoms with Crippen LogP contribution in [0.4, 0.5) is 0 Å². The van der Waals surface area contributed by atoms with Crippen LogP contribution < -0.4 is 5.73 Å². The first kappa shape index (κ1) is 10.7. The number of thioether (sulfide) groups is 1.